The molecule has 0 spiro atoms. The molecule has 19 heavy (non-hydrogen) atoms. The van der Waals surface area contributed by atoms with Crippen LogP contribution in [-0.4, -0.2) is 21.5 Å². The van der Waals surface area contributed by atoms with Crippen LogP contribution in [0.5, 0.6) is 0 Å². The van der Waals surface area contributed by atoms with Crippen LogP contribution in [-0.2, 0) is 11.3 Å². The first kappa shape index (κ1) is 14.0. The third-order valence-electron chi connectivity index (χ3n) is 3.43. The second-order valence-corrected chi connectivity index (χ2v) is 5.50. The van der Waals surface area contributed by atoms with E-state index in [1.807, 2.05) is 0 Å². The topological polar surface area (TPSA) is 66.9 Å². The number of nitrogens with zero attached hydrogens (tertiary/aromatic N) is 1. The standard InChI is InChI=1S/C13H19N3O2S/c1-9-7-12(19)16(13(18)14-9)8-11(17)15-10-5-3-2-4-6-10/h7,10H,2-6,8H2,1H3,(H,14,18)(H,15,17). The zero-order valence-corrected chi connectivity index (χ0v) is 11.9. The Balaban J connectivity index is 2.03. The van der Waals surface area contributed by atoms with Crippen molar-refractivity contribution in [3.8, 4) is 0 Å². The molecule has 0 bridgehead atoms. The van der Waals surface area contributed by atoms with Gasteiger partial charge in [0.25, 0.3) is 0 Å². The maximum atomic E-state index is 11.9. The molecule has 0 aromatic carbocycles. The second-order valence-electron chi connectivity index (χ2n) is 5.08. The van der Waals surface area contributed by atoms with Gasteiger partial charge in [-0.15, -0.1) is 0 Å². The van der Waals surface area contributed by atoms with E-state index in [1.165, 1.54) is 11.0 Å². The van der Waals surface area contributed by atoms with Gasteiger partial charge < -0.3 is 10.3 Å². The number of nitrogens with one attached hydrogen (secondary N) is 2. The molecular weight excluding hydrogens is 262 g/mol. The number of carbonyl (C=O) groups is 1. The lowest BCUT2D eigenvalue weighted by Crippen LogP contribution is -2.40. The average molecular weight is 281 g/mol. The molecule has 0 unspecified atom stereocenters. The maximum Gasteiger partial charge on any atom is 0.327 e. The second kappa shape index (κ2) is 6.14. The maximum absolute atomic E-state index is 11.9. The van der Waals surface area contributed by atoms with Gasteiger partial charge in [-0.25, -0.2) is 4.79 Å². The van der Waals surface area contributed by atoms with Crippen molar-refractivity contribution in [2.75, 3.05) is 0 Å². The molecule has 6 heteroatoms. The zero-order chi connectivity index (χ0) is 13.8. The van der Waals surface area contributed by atoms with Crippen molar-refractivity contribution in [2.45, 2.75) is 51.6 Å². The van der Waals surface area contributed by atoms with Crippen LogP contribution < -0.4 is 11.0 Å². The molecule has 0 radical (unpaired) electrons. The molecule has 1 aromatic rings. The van der Waals surface area contributed by atoms with Crippen LogP contribution in [0.25, 0.3) is 0 Å². The lowest BCUT2D eigenvalue weighted by Gasteiger charge is -2.22. The van der Waals surface area contributed by atoms with Gasteiger partial charge >= 0.3 is 5.69 Å². The van der Waals surface area contributed by atoms with Crippen molar-refractivity contribution in [1.29, 1.82) is 0 Å². The molecule has 1 heterocycles. The minimum atomic E-state index is -0.330. The van der Waals surface area contributed by atoms with Gasteiger partial charge in [0.2, 0.25) is 5.91 Å². The highest BCUT2D eigenvalue weighted by Crippen LogP contribution is 2.17. The molecule has 0 aliphatic heterocycles. The van der Waals surface area contributed by atoms with E-state index >= 15 is 0 Å². The van der Waals surface area contributed by atoms with E-state index in [0.717, 1.165) is 25.7 Å². The number of aromatic amines is 1. The predicted octanol–water partition coefficient (Wildman–Crippen LogP) is 1.66. The summed E-state index contributed by atoms with van der Waals surface area (Å²) in [6.45, 7) is 1.76. The molecule has 5 nitrogen and oxygen atoms in total. The molecule has 1 aliphatic carbocycles. The van der Waals surface area contributed by atoms with Crippen LogP contribution in [0.3, 0.4) is 0 Å². The fraction of sp³-hybridized carbons (Fsp3) is 0.615. The SMILES string of the molecule is Cc1cc(=S)n(CC(=O)NC2CCCCC2)c(=O)[nH]1. The average Bonchev–Trinajstić information content (AvgIpc) is 2.35. The van der Waals surface area contributed by atoms with Crippen molar-refractivity contribution >= 4 is 18.1 Å². The lowest BCUT2D eigenvalue weighted by molar-refractivity contribution is -0.122. The van der Waals surface area contributed by atoms with E-state index in [1.54, 1.807) is 13.0 Å². The number of carbonyl (C=O) groups excluding carboxylic acids is 1. The van der Waals surface area contributed by atoms with E-state index in [-0.39, 0.29) is 24.2 Å². The van der Waals surface area contributed by atoms with Gasteiger partial charge in [0.05, 0.1) is 0 Å². The van der Waals surface area contributed by atoms with Crippen molar-refractivity contribution in [3.63, 3.8) is 0 Å². The quantitative estimate of drug-likeness (QED) is 0.828. The van der Waals surface area contributed by atoms with E-state index in [2.05, 4.69) is 10.3 Å². The number of aromatic nitrogens is 2. The summed E-state index contributed by atoms with van der Waals surface area (Å²) in [5, 5.41) is 2.98. The van der Waals surface area contributed by atoms with Gasteiger partial charge in [-0.3, -0.25) is 9.36 Å². The molecule has 1 amide bonds. The van der Waals surface area contributed by atoms with E-state index in [4.69, 9.17) is 12.2 Å². The molecule has 104 valence electrons. The van der Waals surface area contributed by atoms with Gasteiger partial charge in [0, 0.05) is 11.7 Å². The largest absolute Gasteiger partial charge is 0.352 e. The Morgan fingerprint density at radius 1 is 1.47 bits per heavy atom. The number of amides is 1. The van der Waals surface area contributed by atoms with Crippen LogP contribution in [0.4, 0.5) is 0 Å². The molecule has 0 saturated heterocycles. The highest BCUT2D eigenvalue weighted by Gasteiger charge is 2.16. The normalized spacial score (nSPS) is 16.3. The van der Waals surface area contributed by atoms with Crippen molar-refractivity contribution in [2.24, 2.45) is 0 Å². The number of hydrogen-bond donors (Lipinski definition) is 2. The summed E-state index contributed by atoms with van der Waals surface area (Å²) >= 11 is 5.11. The van der Waals surface area contributed by atoms with Gasteiger partial charge in [0.1, 0.15) is 11.2 Å². The fourth-order valence-electron chi connectivity index (χ4n) is 2.45. The molecule has 2 rings (SSSR count). The van der Waals surface area contributed by atoms with E-state index in [0.29, 0.717) is 10.3 Å². The first-order chi connectivity index (χ1) is 9.06. The summed E-state index contributed by atoms with van der Waals surface area (Å²) in [5.41, 5.74) is 0.378. The summed E-state index contributed by atoms with van der Waals surface area (Å²) in [4.78, 5) is 26.3. The monoisotopic (exact) mass is 281 g/mol. The van der Waals surface area contributed by atoms with Crippen LogP contribution in [0, 0.1) is 11.6 Å². The van der Waals surface area contributed by atoms with Crippen molar-refractivity contribution in [1.82, 2.24) is 14.9 Å². The van der Waals surface area contributed by atoms with E-state index < -0.39 is 0 Å². The Labute approximate surface area is 117 Å². The molecule has 2 N–H and O–H groups in total. The van der Waals surface area contributed by atoms with Gasteiger partial charge in [-0.2, -0.15) is 0 Å². The zero-order valence-electron chi connectivity index (χ0n) is 11.1. The van der Waals surface area contributed by atoms with Crippen LogP contribution >= 0.6 is 12.2 Å². The summed E-state index contributed by atoms with van der Waals surface area (Å²) in [6, 6.07) is 1.94. The fourth-order valence-corrected chi connectivity index (χ4v) is 2.77. The van der Waals surface area contributed by atoms with Crippen LogP contribution in [0.1, 0.15) is 37.8 Å². The number of aryl methyl sites for hydroxylation is 1. The first-order valence-electron chi connectivity index (χ1n) is 6.66. The Morgan fingerprint density at radius 2 is 2.16 bits per heavy atom. The summed E-state index contributed by atoms with van der Waals surface area (Å²) < 4.78 is 1.68. The Kier molecular flexibility index (Phi) is 4.52. The smallest absolute Gasteiger partial charge is 0.327 e. The Bertz CT molecular complexity index is 539. The van der Waals surface area contributed by atoms with Crippen LogP contribution in [0.2, 0.25) is 0 Å². The Hall–Kier alpha value is -1.43. The third kappa shape index (κ3) is 3.76. The Morgan fingerprint density at radius 3 is 2.79 bits per heavy atom. The van der Waals surface area contributed by atoms with Gasteiger partial charge in [-0.1, -0.05) is 31.5 Å². The van der Waals surface area contributed by atoms with Crippen LogP contribution in [0.15, 0.2) is 10.9 Å². The summed E-state index contributed by atoms with van der Waals surface area (Å²) in [5.74, 6) is -0.141. The first-order valence-corrected chi connectivity index (χ1v) is 7.07. The van der Waals surface area contributed by atoms with E-state index in [9.17, 15) is 9.59 Å². The van der Waals surface area contributed by atoms with Crippen molar-refractivity contribution < 1.29 is 4.79 Å². The summed E-state index contributed by atoms with van der Waals surface area (Å²) in [6.07, 6.45) is 5.63. The number of H-pyrrole nitrogens is 1. The minimum absolute atomic E-state index is 0.00898. The van der Waals surface area contributed by atoms with Gasteiger partial charge in [0.15, 0.2) is 0 Å². The molecule has 1 saturated carbocycles. The lowest BCUT2D eigenvalue weighted by atomic mass is 9.95. The number of hydrogen-bond acceptors (Lipinski definition) is 3. The van der Waals surface area contributed by atoms with Gasteiger partial charge in [-0.05, 0) is 25.8 Å². The molecule has 1 aliphatic rings. The predicted molar refractivity (Wildman–Crippen MR) is 75.6 cm³/mol. The minimum Gasteiger partial charge on any atom is -0.352 e. The molecule has 1 aromatic heterocycles. The third-order valence-corrected chi connectivity index (χ3v) is 3.77. The molecular formula is C13H19N3O2S. The highest BCUT2D eigenvalue weighted by molar-refractivity contribution is 7.71. The summed E-state index contributed by atoms with van der Waals surface area (Å²) in [7, 11) is 0. The highest BCUT2D eigenvalue weighted by atomic mass is 32.1. The molecule has 1 fully saturated rings. The molecule has 0 atom stereocenters. The van der Waals surface area contributed by atoms with Crippen molar-refractivity contribution in [3.05, 3.63) is 26.9 Å². The number of rotatable bonds is 3.